The van der Waals surface area contributed by atoms with Crippen LogP contribution in [0.15, 0.2) is 340 Å². The Balaban J connectivity index is 0.000000200. The van der Waals surface area contributed by atoms with Crippen LogP contribution in [0, 0.1) is 69.2 Å². The molecule has 0 radical (unpaired) electrons. The van der Waals surface area contributed by atoms with Crippen LogP contribution < -0.4 is 9.47 Å². The molecular formula is C115H106Hf2N4O8-2. The van der Waals surface area contributed by atoms with Gasteiger partial charge in [0.25, 0.3) is 11.5 Å². The van der Waals surface area contributed by atoms with Crippen molar-refractivity contribution in [1.82, 2.24) is 18.3 Å². The number of rotatable bonds is 20. The predicted octanol–water partition coefficient (Wildman–Crippen LogP) is 29.1. The molecule has 1 aliphatic rings. The first-order chi connectivity index (χ1) is 60.4. The Morgan fingerprint density at radius 1 is 0.264 bits per heavy atom. The Labute approximate surface area is 793 Å². The van der Waals surface area contributed by atoms with Crippen LogP contribution in [0.1, 0.15) is 54.4 Å². The largest absolute Gasteiger partial charge is 0.582 e. The van der Waals surface area contributed by atoms with Crippen molar-refractivity contribution in [1.29, 1.82) is 0 Å². The molecule has 0 spiro atoms. The van der Waals surface area contributed by atoms with Crippen LogP contribution in [0.2, 0.25) is 0 Å². The van der Waals surface area contributed by atoms with Crippen LogP contribution in [-0.4, -0.2) is 74.6 Å². The van der Waals surface area contributed by atoms with Gasteiger partial charge in [0.1, 0.15) is 40.9 Å². The topological polar surface area (TPSA) is 145 Å². The molecule has 0 aliphatic heterocycles. The van der Waals surface area contributed by atoms with E-state index in [1.807, 2.05) is 133 Å². The molecule has 21 rings (SSSR count). The van der Waals surface area contributed by atoms with Gasteiger partial charge in [0, 0.05) is 140 Å². The minimum atomic E-state index is 0. The number of ether oxygens (including phenoxy) is 4. The predicted molar refractivity (Wildman–Crippen MR) is 530 cm³/mol. The monoisotopic (exact) mass is 2030 g/mol. The number of hydrogen-bond donors (Lipinski definition) is 4. The van der Waals surface area contributed by atoms with E-state index in [-0.39, 0.29) is 116 Å². The van der Waals surface area contributed by atoms with Crippen LogP contribution in [0.5, 0.6) is 46.0 Å². The minimum absolute atomic E-state index is 0. The quantitative estimate of drug-likeness (QED) is 0.0259. The molecule has 4 heterocycles. The molecule has 6 N–H and O–H groups in total. The number of aliphatic hydroxyl groups is 2. The van der Waals surface area contributed by atoms with Crippen molar-refractivity contribution < 1.29 is 91.1 Å². The summed E-state index contributed by atoms with van der Waals surface area (Å²) in [6.45, 7) is 10.5. The third-order valence-corrected chi connectivity index (χ3v) is 24.8. The molecule has 12 nitrogen and oxygen atoms in total. The summed E-state index contributed by atoms with van der Waals surface area (Å²) < 4.78 is 32.4. The van der Waals surface area contributed by atoms with E-state index in [1.54, 1.807) is 0 Å². The smallest absolute Gasteiger partial charge is 0.262 e. The van der Waals surface area contributed by atoms with Crippen LogP contribution in [0.25, 0.3) is 154 Å². The SMILES string of the molecule is Cc1cc(-c2ccccc2OC[C@@H]2CCCC[C@H]2COc2ccccc2-c2cc(C)cc(-n3c4ccccc4c4ccccc43)c2O)c(O)c(-n2c3ccccc3c3ccccc32)c1.Cc1cc(-c2ccccc2[OH+]CCC[OH+]c2ccccc2-c2cc(C)cc(-n3c4ccccc4c4ccccc43)c2O)c(O)c(-n2c3ccccc3c3ccccc32)c1.[CH3-].[CH3-].[CH3-].[CH3-].[Hf].[Hf]. The Kier molecular flexibility index (Phi) is 28.3. The molecule has 14 heteroatoms. The number of fused-ring (bicyclic) bond motifs is 12. The van der Waals surface area contributed by atoms with Crippen molar-refractivity contribution in [3.8, 4) is 113 Å². The van der Waals surface area contributed by atoms with Gasteiger partial charge in [0.2, 0.25) is 0 Å². The molecule has 0 unspecified atom stereocenters. The van der Waals surface area contributed by atoms with E-state index in [0.717, 1.165) is 232 Å². The van der Waals surface area contributed by atoms with Gasteiger partial charge >= 0.3 is 0 Å². The van der Waals surface area contributed by atoms with Gasteiger partial charge in [-0.15, -0.1) is 0 Å². The number of para-hydroxylation sites is 12. The van der Waals surface area contributed by atoms with Crippen LogP contribution in [0.3, 0.4) is 0 Å². The Bertz CT molecular complexity index is 6830. The van der Waals surface area contributed by atoms with Gasteiger partial charge in [0.05, 0.1) is 91.2 Å². The molecule has 129 heavy (non-hydrogen) atoms. The first kappa shape index (κ1) is 92.1. The van der Waals surface area contributed by atoms with Crippen molar-refractivity contribution in [3.05, 3.63) is 392 Å². The molecule has 20 aromatic rings. The molecule has 1 aliphatic carbocycles. The number of aromatic nitrogens is 4. The summed E-state index contributed by atoms with van der Waals surface area (Å²) in [5.74, 6) is 4.59. The summed E-state index contributed by atoms with van der Waals surface area (Å²) in [6, 6.07) is 116. The van der Waals surface area contributed by atoms with E-state index < -0.39 is 0 Å². The average Bonchev–Trinajstić information content (AvgIpc) is 1.60. The van der Waals surface area contributed by atoms with Gasteiger partial charge in [-0.1, -0.05) is 219 Å². The van der Waals surface area contributed by atoms with Crippen LogP contribution in [-0.2, 0) is 51.7 Å². The Morgan fingerprint density at radius 3 is 0.729 bits per heavy atom. The number of hydrogen-bond acceptors (Lipinski definition) is 6. The fraction of sp³-hybridized carbons (Fsp3) is 0.130. The fourth-order valence-electron chi connectivity index (χ4n) is 19.2. The number of benzene rings is 16. The second kappa shape index (κ2) is 39.6. The van der Waals surface area contributed by atoms with E-state index >= 15 is 0 Å². The second-order valence-corrected chi connectivity index (χ2v) is 32.8. The maximum atomic E-state index is 12.2. The van der Waals surface area contributed by atoms with Gasteiger partial charge in [-0.05, 0) is 196 Å². The van der Waals surface area contributed by atoms with Crippen molar-refractivity contribution in [3.63, 3.8) is 0 Å². The Morgan fingerprint density at radius 2 is 0.473 bits per heavy atom. The number of phenols is 4. The van der Waals surface area contributed by atoms with E-state index in [0.29, 0.717) is 26.4 Å². The van der Waals surface area contributed by atoms with E-state index in [2.05, 4.69) is 252 Å². The van der Waals surface area contributed by atoms with Crippen molar-refractivity contribution >= 4 is 87.2 Å². The van der Waals surface area contributed by atoms with Crippen molar-refractivity contribution in [2.75, 3.05) is 26.4 Å². The zero-order valence-electron chi connectivity index (χ0n) is 74.1. The minimum Gasteiger partial charge on any atom is -0.582 e. The Hall–Kier alpha value is -13.1. The summed E-state index contributed by atoms with van der Waals surface area (Å²) in [7, 11) is 0. The van der Waals surface area contributed by atoms with Gasteiger partial charge in [-0.3, -0.25) is 0 Å². The summed E-state index contributed by atoms with van der Waals surface area (Å²) in [6.07, 6.45) is 5.11. The fourth-order valence-corrected chi connectivity index (χ4v) is 19.2. The standard InChI is InChI=1S/C58H50N2O4.C53H42N2O4.4CH3.2Hf/c1-37-31-47(57(61)53(33-37)59-49-25-11-5-19-41(49)42-20-6-12-26-50(42)59)45-23-9-15-29-55(45)63-35-39-17-3-4-18-40(39)36-64-56-30-16-10-24-46(56)48-32-38(2)34-54(58(48)62)60-51-27-13-7-21-43(51)44-22-8-14-28-52(44)60;1-34-30-42(52(56)48(32-34)54-44-22-9-3-16-36(44)37-17-4-10-23-45(37)54)40-20-7-13-26-50(40)58-28-15-29-59-51-27-14-8-21-41(51)43-31-35(2)33-49(53(43)57)55-46-24-11-5-18-38(46)39-19-6-12-25-47(39)55;;;;;;/h5-16,19-34,39-40,61-62H,3-4,17-18,35-36H2,1-2H3;3-14,16-27,30-33,56-57H,15,28-29H2,1-2H3;4*1H3;;/q;;4*-1;;/p+2/t39-,40-;;;;;;;/m0......./s1. The molecular weight excluding hydrogens is 1920 g/mol. The maximum absolute atomic E-state index is 12.2. The molecule has 644 valence electrons. The molecule has 0 bridgehead atoms. The normalized spacial score (nSPS) is 12.9. The summed E-state index contributed by atoms with van der Waals surface area (Å²) in [5, 5.41) is 57.7. The summed E-state index contributed by atoms with van der Waals surface area (Å²) in [4.78, 5) is 0. The molecule has 1 saturated carbocycles. The van der Waals surface area contributed by atoms with E-state index in [4.69, 9.17) is 18.9 Å². The first-order valence-corrected chi connectivity index (χ1v) is 42.7. The van der Waals surface area contributed by atoms with Crippen molar-refractivity contribution in [2.24, 2.45) is 11.8 Å². The molecule has 1 fully saturated rings. The zero-order chi connectivity index (χ0) is 83.3. The third kappa shape index (κ3) is 17.2. The molecule has 4 aromatic heterocycles. The maximum Gasteiger partial charge on any atom is 0.262 e. The van der Waals surface area contributed by atoms with E-state index in [9.17, 15) is 20.4 Å². The summed E-state index contributed by atoms with van der Waals surface area (Å²) >= 11 is 0. The van der Waals surface area contributed by atoms with Gasteiger partial charge in [-0.25, -0.2) is 0 Å². The van der Waals surface area contributed by atoms with Gasteiger partial charge in [0.15, 0.2) is 13.2 Å². The molecule has 0 amide bonds. The van der Waals surface area contributed by atoms with Gasteiger partial charge in [-0.2, -0.15) is 0 Å². The zero-order valence-corrected chi connectivity index (χ0v) is 81.3. The number of nitrogens with zero attached hydrogens (tertiary/aromatic N) is 4. The van der Waals surface area contributed by atoms with Gasteiger partial charge < -0.3 is 87.3 Å². The number of aryl methyl sites for hydroxylation is 4. The third-order valence-electron chi connectivity index (χ3n) is 24.8. The van der Waals surface area contributed by atoms with Crippen LogP contribution in [0.4, 0.5) is 0 Å². The number of aromatic hydroxyl groups is 6. The molecule has 0 saturated heterocycles. The second-order valence-electron chi connectivity index (χ2n) is 32.8. The van der Waals surface area contributed by atoms with Crippen LogP contribution >= 0.6 is 0 Å². The van der Waals surface area contributed by atoms with E-state index in [1.165, 1.54) is 0 Å². The summed E-state index contributed by atoms with van der Waals surface area (Å²) in [5.41, 5.74) is 22.0. The number of phenolic OH excluding ortho intramolecular Hbond substituents is 4. The molecule has 16 aromatic carbocycles. The van der Waals surface area contributed by atoms with Crippen molar-refractivity contribution in [2.45, 2.75) is 59.8 Å². The average molecular weight is 2030 g/mol. The first-order valence-electron chi connectivity index (χ1n) is 42.7. The molecule has 2 atom stereocenters.